The van der Waals surface area contributed by atoms with Gasteiger partial charge in [0.05, 0.1) is 22.8 Å². The molecule has 0 fully saturated rings. The van der Waals surface area contributed by atoms with Crippen LogP contribution in [0, 0.1) is 0 Å². The first-order valence-electron chi connectivity index (χ1n) is 9.95. The molecular weight excluding hydrogens is 503 g/mol. The van der Waals surface area contributed by atoms with E-state index in [2.05, 4.69) is 10.0 Å². The number of benzene rings is 3. The molecule has 0 saturated heterocycles. The summed E-state index contributed by atoms with van der Waals surface area (Å²) in [4.78, 5) is 23.8. The van der Waals surface area contributed by atoms with Crippen LogP contribution in [0.2, 0.25) is 10.0 Å². The minimum atomic E-state index is -3.88. The van der Waals surface area contributed by atoms with E-state index >= 15 is 0 Å². The number of ether oxygens (including phenoxy) is 2. The lowest BCUT2D eigenvalue weighted by molar-refractivity contribution is -0.118. The Bertz CT molecular complexity index is 1260. The summed E-state index contributed by atoms with van der Waals surface area (Å²) in [5, 5.41) is 3.23. The van der Waals surface area contributed by atoms with Crippen molar-refractivity contribution in [3.8, 4) is 5.75 Å². The second-order valence-electron chi connectivity index (χ2n) is 6.87. The predicted molar refractivity (Wildman–Crippen MR) is 130 cm³/mol. The highest BCUT2D eigenvalue weighted by molar-refractivity contribution is 7.92. The van der Waals surface area contributed by atoms with E-state index in [1.165, 1.54) is 42.5 Å². The van der Waals surface area contributed by atoms with Crippen molar-refractivity contribution in [3.05, 3.63) is 82.3 Å². The van der Waals surface area contributed by atoms with Gasteiger partial charge in [-0.1, -0.05) is 23.2 Å². The van der Waals surface area contributed by atoms with E-state index in [1.807, 2.05) is 0 Å². The smallest absolute Gasteiger partial charge is 0.338 e. The number of hydrogen-bond donors (Lipinski definition) is 2. The fourth-order valence-electron chi connectivity index (χ4n) is 2.79. The van der Waals surface area contributed by atoms with Crippen molar-refractivity contribution >= 4 is 56.5 Å². The third-order valence-electron chi connectivity index (χ3n) is 4.30. The fraction of sp³-hybridized carbons (Fsp3) is 0.130. The Kier molecular flexibility index (Phi) is 8.38. The Hall–Kier alpha value is -3.27. The van der Waals surface area contributed by atoms with Gasteiger partial charge in [-0.2, -0.15) is 0 Å². The van der Waals surface area contributed by atoms with Crippen LogP contribution in [0.4, 0.5) is 11.4 Å². The standard InChI is InChI=1S/C23H20Cl2N2O6S/c1-2-32-23(29)15-3-5-18(6-4-15)26-22(28)14-33-20-7-9-21(10-8-20)34(30,31)27-19-12-16(24)11-17(25)13-19/h3-13,27H,2,14H2,1H3,(H,26,28). The topological polar surface area (TPSA) is 111 Å². The second-order valence-corrected chi connectivity index (χ2v) is 9.42. The average molecular weight is 523 g/mol. The Balaban J connectivity index is 1.55. The molecule has 0 aliphatic rings. The largest absolute Gasteiger partial charge is 0.484 e. The summed E-state index contributed by atoms with van der Waals surface area (Å²) in [6.07, 6.45) is 0. The first kappa shape index (κ1) is 25.4. The summed E-state index contributed by atoms with van der Waals surface area (Å²) in [5.74, 6) is -0.571. The van der Waals surface area contributed by atoms with E-state index in [0.717, 1.165) is 0 Å². The van der Waals surface area contributed by atoms with E-state index < -0.39 is 21.9 Å². The van der Waals surface area contributed by atoms with E-state index in [4.69, 9.17) is 32.7 Å². The van der Waals surface area contributed by atoms with Crippen LogP contribution in [0.25, 0.3) is 0 Å². The van der Waals surface area contributed by atoms with Crippen molar-refractivity contribution in [2.24, 2.45) is 0 Å². The van der Waals surface area contributed by atoms with Gasteiger partial charge < -0.3 is 14.8 Å². The van der Waals surface area contributed by atoms with Gasteiger partial charge in [0.2, 0.25) is 0 Å². The number of nitrogens with one attached hydrogen (secondary N) is 2. The van der Waals surface area contributed by atoms with Crippen LogP contribution in [-0.2, 0) is 19.6 Å². The fourth-order valence-corrected chi connectivity index (χ4v) is 4.36. The lowest BCUT2D eigenvalue weighted by Gasteiger charge is -2.11. The summed E-state index contributed by atoms with van der Waals surface area (Å²) in [6, 6.07) is 16.1. The number of carbonyl (C=O) groups is 2. The number of hydrogen-bond acceptors (Lipinski definition) is 6. The molecule has 0 aromatic heterocycles. The van der Waals surface area contributed by atoms with Crippen molar-refractivity contribution in [3.63, 3.8) is 0 Å². The molecule has 0 atom stereocenters. The molecule has 0 radical (unpaired) electrons. The number of carbonyl (C=O) groups excluding carboxylic acids is 2. The van der Waals surface area contributed by atoms with Crippen molar-refractivity contribution in [2.45, 2.75) is 11.8 Å². The van der Waals surface area contributed by atoms with Crippen LogP contribution in [0.1, 0.15) is 17.3 Å². The molecular formula is C23H20Cl2N2O6S. The molecule has 11 heteroatoms. The summed E-state index contributed by atoms with van der Waals surface area (Å²) in [6.45, 7) is 1.69. The van der Waals surface area contributed by atoms with Gasteiger partial charge in [-0.05, 0) is 73.7 Å². The van der Waals surface area contributed by atoms with E-state index in [0.29, 0.717) is 27.0 Å². The Labute approximate surface area is 206 Å². The highest BCUT2D eigenvalue weighted by Crippen LogP contribution is 2.25. The first-order chi connectivity index (χ1) is 16.2. The Morgan fingerprint density at radius 3 is 2.09 bits per heavy atom. The molecule has 8 nitrogen and oxygen atoms in total. The van der Waals surface area contributed by atoms with Gasteiger partial charge in [-0.3, -0.25) is 9.52 Å². The maximum Gasteiger partial charge on any atom is 0.338 e. The Morgan fingerprint density at radius 1 is 0.882 bits per heavy atom. The van der Waals surface area contributed by atoms with Crippen LogP contribution in [0.3, 0.4) is 0 Å². The molecule has 0 aliphatic carbocycles. The predicted octanol–water partition coefficient (Wildman–Crippen LogP) is 4.99. The van der Waals surface area contributed by atoms with Crippen molar-refractivity contribution < 1.29 is 27.5 Å². The molecule has 3 aromatic rings. The van der Waals surface area contributed by atoms with Crippen molar-refractivity contribution in [1.29, 1.82) is 0 Å². The lowest BCUT2D eigenvalue weighted by Crippen LogP contribution is -2.20. The molecule has 0 unspecified atom stereocenters. The number of amides is 1. The van der Waals surface area contributed by atoms with Crippen LogP contribution in [0.5, 0.6) is 5.75 Å². The number of sulfonamides is 1. The lowest BCUT2D eigenvalue weighted by atomic mass is 10.2. The molecule has 0 bridgehead atoms. The van der Waals surface area contributed by atoms with Crippen LogP contribution < -0.4 is 14.8 Å². The van der Waals surface area contributed by atoms with Gasteiger partial charge in [-0.25, -0.2) is 13.2 Å². The minimum Gasteiger partial charge on any atom is -0.484 e. The molecule has 0 heterocycles. The third kappa shape index (κ3) is 7.11. The van der Waals surface area contributed by atoms with E-state index in [-0.39, 0.29) is 23.8 Å². The van der Waals surface area contributed by atoms with Gasteiger partial charge in [0, 0.05) is 15.7 Å². The van der Waals surface area contributed by atoms with Crippen LogP contribution in [-0.4, -0.2) is 33.5 Å². The number of esters is 1. The van der Waals surface area contributed by atoms with Gasteiger partial charge in [0.25, 0.3) is 15.9 Å². The molecule has 0 aliphatic heterocycles. The molecule has 0 spiro atoms. The van der Waals surface area contributed by atoms with Gasteiger partial charge in [0.1, 0.15) is 5.75 Å². The van der Waals surface area contributed by atoms with E-state index in [9.17, 15) is 18.0 Å². The molecule has 0 saturated carbocycles. The molecule has 3 aromatic carbocycles. The summed E-state index contributed by atoms with van der Waals surface area (Å²) in [5.41, 5.74) is 1.08. The van der Waals surface area contributed by atoms with Crippen molar-refractivity contribution in [1.82, 2.24) is 0 Å². The van der Waals surface area contributed by atoms with Gasteiger partial charge in [0.15, 0.2) is 6.61 Å². The summed E-state index contributed by atoms with van der Waals surface area (Å²) < 4.78 is 37.9. The second kappa shape index (κ2) is 11.2. The maximum absolute atomic E-state index is 12.6. The molecule has 178 valence electrons. The highest BCUT2D eigenvalue weighted by atomic mass is 35.5. The summed E-state index contributed by atoms with van der Waals surface area (Å²) in [7, 11) is -3.88. The van der Waals surface area contributed by atoms with Gasteiger partial charge in [-0.15, -0.1) is 0 Å². The first-order valence-corrected chi connectivity index (χ1v) is 12.2. The molecule has 34 heavy (non-hydrogen) atoms. The zero-order valence-electron chi connectivity index (χ0n) is 17.9. The molecule has 2 N–H and O–H groups in total. The Morgan fingerprint density at radius 2 is 1.50 bits per heavy atom. The minimum absolute atomic E-state index is 0.0120. The number of rotatable bonds is 9. The molecule has 1 amide bonds. The van der Waals surface area contributed by atoms with Crippen molar-refractivity contribution in [2.75, 3.05) is 23.3 Å². The SMILES string of the molecule is CCOC(=O)c1ccc(NC(=O)COc2ccc(S(=O)(=O)Nc3cc(Cl)cc(Cl)c3)cc2)cc1. The number of halogens is 2. The highest BCUT2D eigenvalue weighted by Gasteiger charge is 2.15. The van der Waals surface area contributed by atoms with Crippen LogP contribution in [0.15, 0.2) is 71.6 Å². The average Bonchev–Trinajstić information content (AvgIpc) is 2.77. The number of anilines is 2. The quantitative estimate of drug-likeness (QED) is 0.383. The van der Waals surface area contributed by atoms with E-state index in [1.54, 1.807) is 31.2 Å². The summed E-state index contributed by atoms with van der Waals surface area (Å²) >= 11 is 11.8. The monoisotopic (exact) mass is 522 g/mol. The molecule has 3 rings (SSSR count). The zero-order valence-corrected chi connectivity index (χ0v) is 20.2. The van der Waals surface area contributed by atoms with Gasteiger partial charge >= 0.3 is 5.97 Å². The third-order valence-corrected chi connectivity index (χ3v) is 6.13. The zero-order chi connectivity index (χ0) is 24.7. The normalized spacial score (nSPS) is 10.9. The van der Waals surface area contributed by atoms with Crippen LogP contribution >= 0.6 is 23.2 Å². The maximum atomic E-state index is 12.6.